The number of alkyl halides is 3. The number of anilines is 2. The number of aromatic nitrogens is 4. The monoisotopic (exact) mass is 577 g/mol. The van der Waals surface area contributed by atoms with Crippen molar-refractivity contribution in [3.8, 4) is 11.3 Å². The first kappa shape index (κ1) is 27.7. The number of benzene rings is 1. The van der Waals surface area contributed by atoms with E-state index in [0.717, 1.165) is 69.1 Å². The Bertz CT molecular complexity index is 1630. The average Bonchev–Trinajstić information content (AvgIpc) is 3.33. The van der Waals surface area contributed by atoms with Crippen molar-refractivity contribution in [2.45, 2.75) is 63.1 Å². The van der Waals surface area contributed by atoms with Crippen LogP contribution < -0.4 is 16.4 Å². The van der Waals surface area contributed by atoms with Crippen molar-refractivity contribution in [3.63, 3.8) is 0 Å². The van der Waals surface area contributed by atoms with E-state index in [1.807, 2.05) is 10.6 Å². The zero-order chi connectivity index (χ0) is 29.4. The lowest BCUT2D eigenvalue weighted by molar-refractivity contribution is -0.137. The first-order valence-corrected chi connectivity index (χ1v) is 14.0. The van der Waals surface area contributed by atoms with E-state index in [0.29, 0.717) is 22.6 Å². The largest absolute Gasteiger partial charge is 0.416 e. The summed E-state index contributed by atoms with van der Waals surface area (Å²) in [6.07, 6.45) is 6.57. The van der Waals surface area contributed by atoms with Gasteiger partial charge < -0.3 is 16.4 Å². The van der Waals surface area contributed by atoms with Gasteiger partial charge in [0.15, 0.2) is 0 Å². The quantitative estimate of drug-likeness (QED) is 0.274. The molecule has 9 nitrogen and oxygen atoms in total. The number of nitrogens with two attached hydrogens (primary N) is 1. The molecule has 42 heavy (non-hydrogen) atoms. The summed E-state index contributed by atoms with van der Waals surface area (Å²) in [7, 11) is 0. The van der Waals surface area contributed by atoms with Gasteiger partial charge in [-0.3, -0.25) is 14.0 Å². The Hall–Kier alpha value is -4.48. The number of pyridine rings is 1. The van der Waals surface area contributed by atoms with Gasteiger partial charge in [-0.1, -0.05) is 25.0 Å². The molecule has 1 aromatic carbocycles. The molecule has 2 fully saturated rings. The van der Waals surface area contributed by atoms with E-state index in [4.69, 9.17) is 10.7 Å². The minimum absolute atomic E-state index is 0.0935. The van der Waals surface area contributed by atoms with Crippen LogP contribution >= 0.6 is 0 Å². The van der Waals surface area contributed by atoms with Crippen molar-refractivity contribution in [2.24, 2.45) is 5.92 Å². The molecule has 0 aliphatic heterocycles. The predicted molar refractivity (Wildman–Crippen MR) is 151 cm³/mol. The molecule has 0 saturated heterocycles. The molecule has 2 amide bonds. The highest BCUT2D eigenvalue weighted by atomic mass is 19.4. The van der Waals surface area contributed by atoms with E-state index in [2.05, 4.69) is 20.6 Å². The number of fused-ring (bicyclic) bond motifs is 1. The second kappa shape index (κ2) is 11.1. The average molecular weight is 578 g/mol. The van der Waals surface area contributed by atoms with Crippen molar-refractivity contribution in [1.82, 2.24) is 24.7 Å². The normalized spacial score (nSPS) is 19.3. The molecule has 6 rings (SSSR count). The van der Waals surface area contributed by atoms with Crippen LogP contribution in [0.15, 0.2) is 55.0 Å². The van der Waals surface area contributed by atoms with E-state index in [9.17, 15) is 22.8 Å². The minimum Gasteiger partial charge on any atom is -0.382 e. The second-order valence-electron chi connectivity index (χ2n) is 11.0. The SMILES string of the molecule is Nc1nccn2c([C@@H]3CCC[C@@H](NC(=O)C4CCC4)C3)nc(-c3ccc(C(=O)Nc4cc(C(F)(F)F)ccn4)cc3)c12. The number of carbonyl (C=O) groups is 2. The number of imidazole rings is 1. The van der Waals surface area contributed by atoms with Gasteiger partial charge in [0.25, 0.3) is 5.91 Å². The number of carbonyl (C=O) groups excluding carboxylic acids is 2. The molecule has 3 aromatic heterocycles. The number of nitrogens with one attached hydrogen (secondary N) is 2. The Labute approximate surface area is 239 Å². The Balaban J connectivity index is 1.23. The molecule has 218 valence electrons. The molecule has 2 saturated carbocycles. The van der Waals surface area contributed by atoms with E-state index < -0.39 is 17.6 Å². The van der Waals surface area contributed by atoms with Gasteiger partial charge in [0, 0.05) is 47.6 Å². The molecule has 4 N–H and O–H groups in total. The summed E-state index contributed by atoms with van der Waals surface area (Å²) in [4.78, 5) is 38.4. The summed E-state index contributed by atoms with van der Waals surface area (Å²) < 4.78 is 41.0. The molecular formula is C30H30F3N7O2. The first-order valence-electron chi connectivity index (χ1n) is 14.0. The van der Waals surface area contributed by atoms with Crippen LogP contribution in [0.5, 0.6) is 0 Å². The molecule has 2 aliphatic carbocycles. The maximum atomic E-state index is 13.0. The van der Waals surface area contributed by atoms with Gasteiger partial charge in [-0.05, 0) is 56.4 Å². The Morgan fingerprint density at radius 2 is 1.74 bits per heavy atom. The van der Waals surface area contributed by atoms with Gasteiger partial charge in [-0.15, -0.1) is 0 Å². The van der Waals surface area contributed by atoms with Gasteiger partial charge in [0.1, 0.15) is 28.7 Å². The third-order valence-electron chi connectivity index (χ3n) is 8.22. The number of halogens is 3. The second-order valence-corrected chi connectivity index (χ2v) is 11.0. The first-order chi connectivity index (χ1) is 20.2. The van der Waals surface area contributed by atoms with Crippen LogP contribution in [0.25, 0.3) is 16.8 Å². The predicted octanol–water partition coefficient (Wildman–Crippen LogP) is 5.59. The highest BCUT2D eigenvalue weighted by Crippen LogP contribution is 2.37. The zero-order valence-corrected chi connectivity index (χ0v) is 22.7. The highest BCUT2D eigenvalue weighted by Gasteiger charge is 2.33. The van der Waals surface area contributed by atoms with Crippen molar-refractivity contribution in [3.05, 3.63) is 71.9 Å². The highest BCUT2D eigenvalue weighted by molar-refractivity contribution is 6.04. The summed E-state index contributed by atoms with van der Waals surface area (Å²) in [5.74, 6) is 0.768. The number of amides is 2. The lowest BCUT2D eigenvalue weighted by atomic mass is 9.82. The minimum atomic E-state index is -4.55. The molecular weight excluding hydrogens is 547 g/mol. The fourth-order valence-electron chi connectivity index (χ4n) is 5.76. The third kappa shape index (κ3) is 5.53. The fraction of sp³-hybridized carbons (Fsp3) is 0.367. The molecule has 2 aliphatic rings. The van der Waals surface area contributed by atoms with Crippen LogP contribution in [0, 0.1) is 5.92 Å². The van der Waals surface area contributed by atoms with Crippen molar-refractivity contribution >= 4 is 29.0 Å². The standard InChI is InChI=1S/C30H30F3N7O2/c31-30(32,33)21-11-12-35-23(16-21)38-29(42)19-9-7-17(8-10-19)24-25-26(34)36-13-14-40(25)27(39-24)20-5-2-6-22(15-20)37-28(41)18-3-1-4-18/h7-14,16,18,20,22H,1-6,15H2,(H2,34,36)(H,37,41)(H,35,38,42)/t20-,22-/m1/s1. The Kier molecular flexibility index (Phi) is 7.29. The molecule has 0 spiro atoms. The lowest BCUT2D eigenvalue weighted by Crippen LogP contribution is -2.43. The van der Waals surface area contributed by atoms with Crippen molar-refractivity contribution < 1.29 is 22.8 Å². The van der Waals surface area contributed by atoms with Gasteiger partial charge >= 0.3 is 6.18 Å². The van der Waals surface area contributed by atoms with Crippen LogP contribution in [0.2, 0.25) is 0 Å². The van der Waals surface area contributed by atoms with E-state index >= 15 is 0 Å². The maximum Gasteiger partial charge on any atom is 0.416 e. The molecule has 0 radical (unpaired) electrons. The molecule has 0 unspecified atom stereocenters. The lowest BCUT2D eigenvalue weighted by Gasteiger charge is -2.32. The van der Waals surface area contributed by atoms with Crippen LogP contribution in [0.1, 0.15) is 72.6 Å². The van der Waals surface area contributed by atoms with Crippen LogP contribution in [0.4, 0.5) is 24.8 Å². The summed E-state index contributed by atoms with van der Waals surface area (Å²) in [5.41, 5.74) is 7.62. The van der Waals surface area contributed by atoms with Crippen LogP contribution in [0.3, 0.4) is 0 Å². The molecule has 2 atom stereocenters. The summed E-state index contributed by atoms with van der Waals surface area (Å²) >= 11 is 0. The number of hydrogen-bond acceptors (Lipinski definition) is 6. The van der Waals surface area contributed by atoms with Gasteiger partial charge in [0.2, 0.25) is 5.91 Å². The summed E-state index contributed by atoms with van der Waals surface area (Å²) in [6, 6.07) is 8.30. The van der Waals surface area contributed by atoms with Crippen molar-refractivity contribution in [1.29, 1.82) is 0 Å². The third-order valence-corrected chi connectivity index (χ3v) is 8.22. The summed E-state index contributed by atoms with van der Waals surface area (Å²) in [6.45, 7) is 0. The van der Waals surface area contributed by atoms with Gasteiger partial charge in [-0.2, -0.15) is 13.2 Å². The topological polar surface area (TPSA) is 127 Å². The number of nitrogens with zero attached hydrogens (tertiary/aromatic N) is 4. The molecule has 4 aromatic rings. The van der Waals surface area contributed by atoms with E-state index in [1.165, 1.54) is 0 Å². The van der Waals surface area contributed by atoms with E-state index in [1.54, 1.807) is 30.5 Å². The maximum absolute atomic E-state index is 13.0. The van der Waals surface area contributed by atoms with Crippen molar-refractivity contribution in [2.75, 3.05) is 11.1 Å². The zero-order valence-electron chi connectivity index (χ0n) is 22.7. The molecule has 12 heteroatoms. The van der Waals surface area contributed by atoms with Crippen LogP contribution in [-0.4, -0.2) is 37.2 Å². The van der Waals surface area contributed by atoms with Crippen LogP contribution in [-0.2, 0) is 11.0 Å². The number of hydrogen-bond donors (Lipinski definition) is 3. The smallest absolute Gasteiger partial charge is 0.382 e. The molecule has 0 bridgehead atoms. The van der Waals surface area contributed by atoms with E-state index in [-0.39, 0.29) is 35.2 Å². The Morgan fingerprint density at radius 3 is 2.45 bits per heavy atom. The summed E-state index contributed by atoms with van der Waals surface area (Å²) in [5, 5.41) is 5.67. The molecule has 3 heterocycles. The van der Waals surface area contributed by atoms with Gasteiger partial charge in [-0.25, -0.2) is 15.0 Å². The number of rotatable bonds is 6. The Morgan fingerprint density at radius 1 is 0.976 bits per heavy atom. The fourth-order valence-corrected chi connectivity index (χ4v) is 5.76. The number of nitrogen functional groups attached to an aromatic ring is 1. The van der Waals surface area contributed by atoms with Gasteiger partial charge in [0.05, 0.1) is 5.56 Å².